The minimum absolute atomic E-state index is 0.0391. The highest BCUT2D eigenvalue weighted by atomic mass is 16.5. The first kappa shape index (κ1) is 14.8. The Kier molecular flexibility index (Phi) is 4.62. The lowest BCUT2D eigenvalue weighted by atomic mass is 9.93. The number of ether oxygens (including phenoxy) is 1. The van der Waals surface area contributed by atoms with Crippen LogP contribution >= 0.6 is 0 Å². The van der Waals surface area contributed by atoms with E-state index in [0.717, 1.165) is 5.56 Å². The number of para-hydroxylation sites is 1. The van der Waals surface area contributed by atoms with Gasteiger partial charge in [-0.25, -0.2) is 0 Å². The number of rotatable bonds is 4. The van der Waals surface area contributed by atoms with E-state index in [1.807, 2.05) is 18.2 Å². The summed E-state index contributed by atoms with van der Waals surface area (Å²) in [5.41, 5.74) is 6.46. The maximum atomic E-state index is 12.2. The van der Waals surface area contributed by atoms with Gasteiger partial charge in [0.2, 0.25) is 5.91 Å². The van der Waals surface area contributed by atoms with Crippen LogP contribution < -0.4 is 5.73 Å². The van der Waals surface area contributed by atoms with Gasteiger partial charge in [-0.1, -0.05) is 18.2 Å². The molecule has 5 nitrogen and oxygen atoms in total. The van der Waals surface area contributed by atoms with E-state index in [2.05, 4.69) is 0 Å². The Morgan fingerprint density at radius 1 is 1.40 bits per heavy atom. The average Bonchev–Trinajstić information content (AvgIpc) is 2.41. The molecule has 1 amide bonds. The minimum atomic E-state index is -0.828. The van der Waals surface area contributed by atoms with Crippen LogP contribution in [-0.2, 0) is 16.0 Å². The molecule has 1 fully saturated rings. The molecule has 0 aromatic heterocycles. The van der Waals surface area contributed by atoms with Gasteiger partial charge in [0.1, 0.15) is 0 Å². The van der Waals surface area contributed by atoms with Gasteiger partial charge in [-0.2, -0.15) is 0 Å². The van der Waals surface area contributed by atoms with Crippen molar-refractivity contribution in [2.24, 2.45) is 0 Å². The SMILES string of the molecule is CN(CC1(O)CCOCC1)C(=O)Cc1ccccc1N. The minimum Gasteiger partial charge on any atom is -0.398 e. The zero-order valence-corrected chi connectivity index (χ0v) is 11.8. The van der Waals surface area contributed by atoms with Gasteiger partial charge in [0.15, 0.2) is 0 Å². The Bertz CT molecular complexity index is 470. The summed E-state index contributed by atoms with van der Waals surface area (Å²) in [6.45, 7) is 1.43. The van der Waals surface area contributed by atoms with Crippen LogP contribution in [0.1, 0.15) is 18.4 Å². The van der Waals surface area contributed by atoms with E-state index in [4.69, 9.17) is 10.5 Å². The Morgan fingerprint density at radius 2 is 2.05 bits per heavy atom. The number of nitrogens with two attached hydrogens (primary N) is 1. The zero-order valence-electron chi connectivity index (χ0n) is 11.8. The Balaban J connectivity index is 1.93. The molecule has 0 radical (unpaired) electrons. The molecular formula is C15H22N2O3. The van der Waals surface area contributed by atoms with Crippen LogP contribution in [0.5, 0.6) is 0 Å². The third-order valence-electron chi connectivity index (χ3n) is 3.78. The third-order valence-corrected chi connectivity index (χ3v) is 3.78. The molecule has 1 aliphatic heterocycles. The van der Waals surface area contributed by atoms with Crippen LogP contribution in [0.15, 0.2) is 24.3 Å². The fraction of sp³-hybridized carbons (Fsp3) is 0.533. The van der Waals surface area contributed by atoms with Crippen LogP contribution in [0.2, 0.25) is 0 Å². The predicted octanol–water partition coefficient (Wildman–Crippen LogP) is 0.811. The first-order valence-corrected chi connectivity index (χ1v) is 6.88. The van der Waals surface area contributed by atoms with Crippen LogP contribution in [-0.4, -0.2) is 48.3 Å². The van der Waals surface area contributed by atoms with Crippen molar-refractivity contribution < 1.29 is 14.6 Å². The molecule has 1 aromatic rings. The van der Waals surface area contributed by atoms with Gasteiger partial charge >= 0.3 is 0 Å². The molecular weight excluding hydrogens is 256 g/mol. The summed E-state index contributed by atoms with van der Waals surface area (Å²) in [6.07, 6.45) is 1.39. The van der Waals surface area contributed by atoms with E-state index in [1.165, 1.54) is 0 Å². The number of nitrogens with zero attached hydrogens (tertiary/aromatic N) is 1. The predicted molar refractivity (Wildman–Crippen MR) is 77.2 cm³/mol. The van der Waals surface area contributed by atoms with Crippen molar-refractivity contribution >= 4 is 11.6 Å². The van der Waals surface area contributed by atoms with Crippen molar-refractivity contribution in [3.05, 3.63) is 29.8 Å². The van der Waals surface area contributed by atoms with E-state index in [1.54, 1.807) is 18.0 Å². The second-order valence-corrected chi connectivity index (χ2v) is 5.46. The number of carbonyl (C=O) groups is 1. The van der Waals surface area contributed by atoms with E-state index < -0.39 is 5.60 Å². The van der Waals surface area contributed by atoms with Crippen LogP contribution in [0.3, 0.4) is 0 Å². The maximum absolute atomic E-state index is 12.2. The molecule has 0 unspecified atom stereocenters. The number of hydrogen-bond acceptors (Lipinski definition) is 4. The highest BCUT2D eigenvalue weighted by Gasteiger charge is 2.32. The monoisotopic (exact) mass is 278 g/mol. The lowest BCUT2D eigenvalue weighted by molar-refractivity contribution is -0.136. The largest absolute Gasteiger partial charge is 0.398 e. The molecule has 0 aliphatic carbocycles. The van der Waals surface area contributed by atoms with Crippen molar-refractivity contribution in [3.8, 4) is 0 Å². The fourth-order valence-corrected chi connectivity index (χ4v) is 2.43. The molecule has 2 rings (SSSR count). The fourth-order valence-electron chi connectivity index (χ4n) is 2.43. The molecule has 3 N–H and O–H groups in total. The molecule has 0 bridgehead atoms. The van der Waals surface area contributed by atoms with Gasteiger partial charge in [-0.15, -0.1) is 0 Å². The highest BCUT2D eigenvalue weighted by molar-refractivity contribution is 5.80. The number of likely N-dealkylation sites (N-methyl/N-ethyl adjacent to an activating group) is 1. The van der Waals surface area contributed by atoms with E-state index in [-0.39, 0.29) is 12.3 Å². The molecule has 1 aliphatic rings. The van der Waals surface area contributed by atoms with E-state index in [9.17, 15) is 9.90 Å². The number of benzene rings is 1. The molecule has 110 valence electrons. The molecule has 5 heteroatoms. The number of aliphatic hydroxyl groups is 1. The van der Waals surface area contributed by atoms with Gasteiger partial charge in [-0.3, -0.25) is 4.79 Å². The zero-order chi connectivity index (χ0) is 14.6. The number of hydrogen-bond donors (Lipinski definition) is 2. The van der Waals surface area contributed by atoms with Gasteiger partial charge < -0.3 is 20.5 Å². The molecule has 0 saturated carbocycles. The van der Waals surface area contributed by atoms with Crippen molar-refractivity contribution in [2.45, 2.75) is 24.9 Å². The number of carbonyl (C=O) groups excluding carboxylic acids is 1. The summed E-state index contributed by atoms with van der Waals surface area (Å²) >= 11 is 0. The lowest BCUT2D eigenvalue weighted by Crippen LogP contribution is -2.47. The molecule has 0 spiro atoms. The van der Waals surface area contributed by atoms with Crippen molar-refractivity contribution in [2.75, 3.05) is 32.5 Å². The molecule has 1 saturated heterocycles. The summed E-state index contributed by atoms with van der Waals surface area (Å²) < 4.78 is 5.24. The number of nitrogen functional groups attached to an aromatic ring is 1. The van der Waals surface area contributed by atoms with E-state index in [0.29, 0.717) is 38.3 Å². The summed E-state index contributed by atoms with van der Waals surface area (Å²) in [5, 5.41) is 10.4. The summed E-state index contributed by atoms with van der Waals surface area (Å²) in [4.78, 5) is 13.8. The second kappa shape index (κ2) is 6.24. The second-order valence-electron chi connectivity index (χ2n) is 5.46. The maximum Gasteiger partial charge on any atom is 0.226 e. The molecule has 0 atom stereocenters. The Morgan fingerprint density at radius 3 is 2.70 bits per heavy atom. The van der Waals surface area contributed by atoms with Crippen LogP contribution in [0.4, 0.5) is 5.69 Å². The molecule has 1 aromatic carbocycles. The van der Waals surface area contributed by atoms with Crippen LogP contribution in [0.25, 0.3) is 0 Å². The Labute approximate surface area is 119 Å². The normalized spacial score (nSPS) is 17.7. The van der Waals surface area contributed by atoms with Crippen molar-refractivity contribution in [1.82, 2.24) is 4.90 Å². The van der Waals surface area contributed by atoms with E-state index >= 15 is 0 Å². The number of amides is 1. The first-order chi connectivity index (χ1) is 9.50. The van der Waals surface area contributed by atoms with Gasteiger partial charge in [-0.05, 0) is 11.6 Å². The standard InChI is InChI=1S/C15H22N2O3/c1-17(11-15(19)6-8-20-9-7-15)14(18)10-12-4-2-3-5-13(12)16/h2-5,19H,6-11,16H2,1H3. The average molecular weight is 278 g/mol. The topological polar surface area (TPSA) is 75.8 Å². The van der Waals surface area contributed by atoms with Gasteiger partial charge in [0, 0.05) is 45.3 Å². The summed E-state index contributed by atoms with van der Waals surface area (Å²) in [6, 6.07) is 7.35. The Hall–Kier alpha value is -1.59. The smallest absolute Gasteiger partial charge is 0.226 e. The lowest BCUT2D eigenvalue weighted by Gasteiger charge is -2.35. The van der Waals surface area contributed by atoms with Crippen molar-refractivity contribution in [3.63, 3.8) is 0 Å². The van der Waals surface area contributed by atoms with Crippen molar-refractivity contribution in [1.29, 1.82) is 0 Å². The highest BCUT2D eigenvalue weighted by Crippen LogP contribution is 2.22. The summed E-state index contributed by atoms with van der Waals surface area (Å²) in [5.74, 6) is -0.0391. The summed E-state index contributed by atoms with van der Waals surface area (Å²) in [7, 11) is 1.72. The molecule has 1 heterocycles. The van der Waals surface area contributed by atoms with Gasteiger partial charge in [0.25, 0.3) is 0 Å². The molecule has 20 heavy (non-hydrogen) atoms. The quantitative estimate of drug-likeness (QED) is 0.799. The van der Waals surface area contributed by atoms with Crippen LogP contribution in [0, 0.1) is 0 Å². The third kappa shape index (κ3) is 3.71. The van der Waals surface area contributed by atoms with Gasteiger partial charge in [0.05, 0.1) is 12.0 Å². The first-order valence-electron chi connectivity index (χ1n) is 6.88. The number of anilines is 1.